The molecule has 1 N–H and O–H groups in total. The van der Waals surface area contributed by atoms with Crippen molar-refractivity contribution in [2.45, 2.75) is 31.9 Å². The fraction of sp³-hybridized carbons (Fsp3) is 0.417. The van der Waals surface area contributed by atoms with Gasteiger partial charge in [0.1, 0.15) is 0 Å². The van der Waals surface area contributed by atoms with Gasteiger partial charge in [0.15, 0.2) is 0 Å². The Morgan fingerprint density at radius 2 is 2.40 bits per heavy atom. The summed E-state index contributed by atoms with van der Waals surface area (Å²) in [6.07, 6.45) is 14.0. The van der Waals surface area contributed by atoms with Gasteiger partial charge in [0.2, 0.25) is 0 Å². The van der Waals surface area contributed by atoms with Crippen LogP contribution in [0.1, 0.15) is 25.5 Å². The van der Waals surface area contributed by atoms with Crippen LogP contribution in [0.15, 0.2) is 36.8 Å². The molecule has 3 nitrogen and oxygen atoms in total. The SMILES string of the molecule is CC[C@]1(n2cncc2CO)C=CC=CC1. The summed E-state index contributed by atoms with van der Waals surface area (Å²) in [5.41, 5.74) is 0.834. The van der Waals surface area contributed by atoms with Gasteiger partial charge in [-0.25, -0.2) is 4.98 Å². The molecule has 0 unspecified atom stereocenters. The van der Waals surface area contributed by atoms with E-state index in [0.717, 1.165) is 18.5 Å². The zero-order valence-electron chi connectivity index (χ0n) is 8.93. The van der Waals surface area contributed by atoms with E-state index < -0.39 is 0 Å². The van der Waals surface area contributed by atoms with Crippen LogP contribution in [-0.2, 0) is 12.1 Å². The highest BCUT2D eigenvalue weighted by Gasteiger charge is 2.28. The fourth-order valence-corrected chi connectivity index (χ4v) is 2.10. The molecule has 1 heterocycles. The molecule has 15 heavy (non-hydrogen) atoms. The molecule has 0 aliphatic heterocycles. The molecule has 0 bridgehead atoms. The third-order valence-corrected chi connectivity index (χ3v) is 3.09. The Kier molecular flexibility index (Phi) is 2.73. The first-order valence-electron chi connectivity index (χ1n) is 5.29. The third kappa shape index (κ3) is 1.63. The van der Waals surface area contributed by atoms with Gasteiger partial charge in [-0.15, -0.1) is 0 Å². The molecular weight excluding hydrogens is 188 g/mol. The Balaban J connectivity index is 2.42. The number of hydrogen-bond donors (Lipinski definition) is 1. The summed E-state index contributed by atoms with van der Waals surface area (Å²) in [4.78, 5) is 4.11. The number of aliphatic hydroxyl groups excluding tert-OH is 1. The van der Waals surface area contributed by atoms with E-state index in [2.05, 4.69) is 40.8 Å². The van der Waals surface area contributed by atoms with Crippen LogP contribution in [0.25, 0.3) is 0 Å². The smallest absolute Gasteiger partial charge is 0.0956 e. The van der Waals surface area contributed by atoms with E-state index in [4.69, 9.17) is 0 Å². The lowest BCUT2D eigenvalue weighted by Crippen LogP contribution is -2.32. The Labute approximate surface area is 89.8 Å². The van der Waals surface area contributed by atoms with Crippen molar-refractivity contribution in [3.05, 3.63) is 42.5 Å². The summed E-state index contributed by atoms with van der Waals surface area (Å²) < 4.78 is 2.08. The predicted molar refractivity (Wildman–Crippen MR) is 59.3 cm³/mol. The van der Waals surface area contributed by atoms with E-state index in [-0.39, 0.29) is 12.1 Å². The molecule has 1 aromatic rings. The first kappa shape index (κ1) is 10.2. The summed E-state index contributed by atoms with van der Waals surface area (Å²) >= 11 is 0. The second-order valence-electron chi connectivity index (χ2n) is 3.86. The molecule has 1 aromatic heterocycles. The first-order chi connectivity index (χ1) is 7.32. The minimum atomic E-state index is -0.0384. The first-order valence-corrected chi connectivity index (χ1v) is 5.29. The van der Waals surface area contributed by atoms with Crippen LogP contribution in [0.4, 0.5) is 0 Å². The molecule has 0 amide bonds. The average molecular weight is 204 g/mol. The maximum Gasteiger partial charge on any atom is 0.0956 e. The topological polar surface area (TPSA) is 38.0 Å². The van der Waals surface area contributed by atoms with E-state index in [1.165, 1.54) is 0 Å². The summed E-state index contributed by atoms with van der Waals surface area (Å²) in [5.74, 6) is 0. The van der Waals surface area contributed by atoms with Crippen molar-refractivity contribution >= 4 is 0 Å². The highest BCUT2D eigenvalue weighted by Crippen LogP contribution is 2.31. The van der Waals surface area contributed by atoms with Crippen molar-refractivity contribution in [1.82, 2.24) is 9.55 Å². The number of allylic oxidation sites excluding steroid dienone is 4. The number of rotatable bonds is 3. The largest absolute Gasteiger partial charge is 0.390 e. The van der Waals surface area contributed by atoms with Crippen LogP contribution in [-0.4, -0.2) is 14.7 Å². The number of aromatic nitrogens is 2. The van der Waals surface area contributed by atoms with E-state index >= 15 is 0 Å². The number of aliphatic hydroxyl groups is 1. The normalized spacial score (nSPS) is 24.7. The molecule has 0 saturated heterocycles. The van der Waals surface area contributed by atoms with Crippen molar-refractivity contribution < 1.29 is 5.11 Å². The maximum absolute atomic E-state index is 9.24. The van der Waals surface area contributed by atoms with E-state index in [1.54, 1.807) is 12.5 Å². The second kappa shape index (κ2) is 4.03. The molecule has 1 aliphatic rings. The molecule has 2 rings (SSSR count). The summed E-state index contributed by atoms with van der Waals surface area (Å²) in [7, 11) is 0. The Bertz CT molecular complexity index is 392. The standard InChI is InChI=1S/C12H16N2O/c1-2-12(6-4-3-5-7-12)14-10-13-8-11(14)9-15/h3-6,8,10,15H,2,7,9H2,1H3/t12-/m0/s1. The van der Waals surface area contributed by atoms with Crippen LogP contribution in [0.5, 0.6) is 0 Å². The van der Waals surface area contributed by atoms with Gasteiger partial charge in [0.25, 0.3) is 0 Å². The lowest BCUT2D eigenvalue weighted by atomic mass is 9.88. The zero-order chi connectivity index (χ0) is 10.7. The van der Waals surface area contributed by atoms with Gasteiger partial charge < -0.3 is 9.67 Å². The summed E-state index contributed by atoms with van der Waals surface area (Å²) in [6.45, 7) is 2.20. The summed E-state index contributed by atoms with van der Waals surface area (Å²) in [5, 5.41) is 9.24. The molecule has 0 aromatic carbocycles. The van der Waals surface area contributed by atoms with Crippen molar-refractivity contribution in [1.29, 1.82) is 0 Å². The van der Waals surface area contributed by atoms with Crippen LogP contribution in [0, 0.1) is 0 Å². The third-order valence-electron chi connectivity index (χ3n) is 3.09. The zero-order valence-corrected chi connectivity index (χ0v) is 8.93. The lowest BCUT2D eigenvalue weighted by molar-refractivity contribution is 0.251. The molecule has 1 aliphatic carbocycles. The van der Waals surface area contributed by atoms with Gasteiger partial charge in [-0.2, -0.15) is 0 Å². The van der Waals surface area contributed by atoms with Crippen LogP contribution in [0.2, 0.25) is 0 Å². The lowest BCUT2D eigenvalue weighted by Gasteiger charge is -2.33. The highest BCUT2D eigenvalue weighted by atomic mass is 16.3. The van der Waals surface area contributed by atoms with Crippen molar-refractivity contribution in [3.8, 4) is 0 Å². The van der Waals surface area contributed by atoms with Crippen LogP contribution in [0.3, 0.4) is 0 Å². The molecule has 0 saturated carbocycles. The summed E-state index contributed by atoms with van der Waals surface area (Å²) in [6, 6.07) is 0. The van der Waals surface area contributed by atoms with Gasteiger partial charge in [0.05, 0.1) is 30.4 Å². The molecule has 0 fully saturated rings. The van der Waals surface area contributed by atoms with Crippen LogP contribution >= 0.6 is 0 Å². The number of nitrogens with zero attached hydrogens (tertiary/aromatic N) is 2. The van der Waals surface area contributed by atoms with Gasteiger partial charge >= 0.3 is 0 Å². The van der Waals surface area contributed by atoms with E-state index in [9.17, 15) is 5.11 Å². The maximum atomic E-state index is 9.24. The fourth-order valence-electron chi connectivity index (χ4n) is 2.10. The van der Waals surface area contributed by atoms with Crippen molar-refractivity contribution in [2.24, 2.45) is 0 Å². The second-order valence-corrected chi connectivity index (χ2v) is 3.86. The quantitative estimate of drug-likeness (QED) is 0.817. The highest BCUT2D eigenvalue weighted by molar-refractivity contribution is 5.21. The minimum Gasteiger partial charge on any atom is -0.390 e. The van der Waals surface area contributed by atoms with Gasteiger partial charge in [-0.3, -0.25) is 0 Å². The average Bonchev–Trinajstić information content (AvgIpc) is 2.78. The van der Waals surface area contributed by atoms with E-state index in [0.29, 0.717) is 0 Å². The molecule has 1 atom stereocenters. The van der Waals surface area contributed by atoms with Crippen molar-refractivity contribution in [2.75, 3.05) is 0 Å². The number of imidazole rings is 1. The van der Waals surface area contributed by atoms with Gasteiger partial charge in [0, 0.05) is 0 Å². The van der Waals surface area contributed by atoms with Gasteiger partial charge in [-0.1, -0.05) is 31.2 Å². The Hall–Kier alpha value is -1.35. The van der Waals surface area contributed by atoms with Crippen molar-refractivity contribution in [3.63, 3.8) is 0 Å². The molecule has 0 radical (unpaired) electrons. The molecule has 0 spiro atoms. The van der Waals surface area contributed by atoms with E-state index in [1.807, 2.05) is 0 Å². The molecular formula is C12H16N2O. The Morgan fingerprint density at radius 3 is 3.00 bits per heavy atom. The number of hydrogen-bond acceptors (Lipinski definition) is 2. The minimum absolute atomic E-state index is 0.0384. The Morgan fingerprint density at radius 1 is 1.53 bits per heavy atom. The molecule has 3 heteroatoms. The predicted octanol–water partition coefficient (Wildman–Crippen LogP) is 2.00. The monoisotopic (exact) mass is 204 g/mol. The van der Waals surface area contributed by atoms with Gasteiger partial charge in [-0.05, 0) is 12.8 Å². The molecule has 80 valence electrons. The van der Waals surface area contributed by atoms with Crippen LogP contribution < -0.4 is 0 Å².